The minimum absolute atomic E-state index is 0.295. The zero-order valence-corrected chi connectivity index (χ0v) is 9.83. The Labute approximate surface area is 92.3 Å². The zero-order valence-electron chi connectivity index (χ0n) is 9.83. The number of amidine groups is 1. The predicted octanol–water partition coefficient (Wildman–Crippen LogP) is 1.06. The molecule has 1 aliphatic rings. The van der Waals surface area contributed by atoms with Crippen LogP contribution in [0.1, 0.15) is 26.2 Å². The van der Waals surface area contributed by atoms with Gasteiger partial charge in [-0.2, -0.15) is 0 Å². The SMILES string of the molecule is COC1CN(CCCC(=N)N)CCC1C. The Balaban J connectivity index is 2.23. The molecule has 1 aliphatic heterocycles. The van der Waals surface area contributed by atoms with Gasteiger partial charge in [0.15, 0.2) is 0 Å². The van der Waals surface area contributed by atoms with E-state index in [1.807, 2.05) is 0 Å². The standard InChI is InChI=1S/C11H23N3O/c1-9-5-7-14(8-10(9)15-2)6-3-4-11(12)13/h9-10H,3-8H2,1-2H3,(H3,12,13). The molecule has 1 heterocycles. The molecule has 2 unspecified atom stereocenters. The van der Waals surface area contributed by atoms with Gasteiger partial charge in [0, 0.05) is 20.1 Å². The van der Waals surface area contributed by atoms with Crippen LogP contribution in [-0.2, 0) is 4.74 Å². The van der Waals surface area contributed by atoms with E-state index in [0.29, 0.717) is 24.3 Å². The van der Waals surface area contributed by atoms with Crippen LogP contribution in [0.25, 0.3) is 0 Å². The van der Waals surface area contributed by atoms with Crippen molar-refractivity contribution in [3.63, 3.8) is 0 Å². The largest absolute Gasteiger partial charge is 0.388 e. The van der Waals surface area contributed by atoms with Crippen LogP contribution in [0.15, 0.2) is 0 Å². The Morgan fingerprint density at radius 1 is 1.60 bits per heavy atom. The average Bonchev–Trinajstić information content (AvgIpc) is 2.20. The number of piperidine rings is 1. The van der Waals surface area contributed by atoms with Gasteiger partial charge in [0.1, 0.15) is 0 Å². The summed E-state index contributed by atoms with van der Waals surface area (Å²) < 4.78 is 5.45. The molecule has 0 spiro atoms. The maximum atomic E-state index is 7.15. The van der Waals surface area contributed by atoms with E-state index in [1.54, 1.807) is 7.11 Å². The van der Waals surface area contributed by atoms with Gasteiger partial charge >= 0.3 is 0 Å². The molecule has 0 aromatic carbocycles. The molecule has 0 aromatic heterocycles. The predicted molar refractivity (Wildman–Crippen MR) is 62.2 cm³/mol. The highest BCUT2D eigenvalue weighted by Crippen LogP contribution is 2.19. The third-order valence-electron chi connectivity index (χ3n) is 3.20. The van der Waals surface area contributed by atoms with Crippen LogP contribution < -0.4 is 5.73 Å². The number of nitrogens with zero attached hydrogens (tertiary/aromatic N) is 1. The summed E-state index contributed by atoms with van der Waals surface area (Å²) in [7, 11) is 1.79. The first-order chi connectivity index (χ1) is 7.13. The van der Waals surface area contributed by atoms with Crippen molar-refractivity contribution in [3.05, 3.63) is 0 Å². The van der Waals surface area contributed by atoms with E-state index in [-0.39, 0.29) is 0 Å². The number of nitrogens with one attached hydrogen (secondary N) is 1. The summed E-state index contributed by atoms with van der Waals surface area (Å²) in [6.45, 7) is 5.46. The fraction of sp³-hybridized carbons (Fsp3) is 0.909. The molecule has 0 radical (unpaired) electrons. The van der Waals surface area contributed by atoms with E-state index in [4.69, 9.17) is 15.9 Å². The lowest BCUT2D eigenvalue weighted by molar-refractivity contribution is -0.00495. The zero-order chi connectivity index (χ0) is 11.3. The van der Waals surface area contributed by atoms with Crippen molar-refractivity contribution in [2.75, 3.05) is 26.7 Å². The molecular weight excluding hydrogens is 190 g/mol. The summed E-state index contributed by atoms with van der Waals surface area (Å²) in [6, 6.07) is 0. The third-order valence-corrected chi connectivity index (χ3v) is 3.20. The second kappa shape index (κ2) is 6.08. The number of ether oxygens (including phenoxy) is 1. The normalized spacial score (nSPS) is 27.9. The van der Waals surface area contributed by atoms with Crippen LogP contribution in [0.5, 0.6) is 0 Å². The van der Waals surface area contributed by atoms with Crippen molar-refractivity contribution in [2.45, 2.75) is 32.3 Å². The van der Waals surface area contributed by atoms with Crippen LogP contribution in [0.4, 0.5) is 0 Å². The van der Waals surface area contributed by atoms with Gasteiger partial charge in [-0.15, -0.1) is 0 Å². The first kappa shape index (κ1) is 12.5. The monoisotopic (exact) mass is 213 g/mol. The average molecular weight is 213 g/mol. The van der Waals surface area contributed by atoms with Crippen LogP contribution >= 0.6 is 0 Å². The van der Waals surface area contributed by atoms with E-state index in [0.717, 1.165) is 26.1 Å². The van der Waals surface area contributed by atoms with E-state index in [9.17, 15) is 0 Å². The molecule has 15 heavy (non-hydrogen) atoms. The quantitative estimate of drug-likeness (QED) is 0.530. The van der Waals surface area contributed by atoms with Gasteiger partial charge in [0.2, 0.25) is 0 Å². The number of likely N-dealkylation sites (tertiary alicyclic amines) is 1. The van der Waals surface area contributed by atoms with Gasteiger partial charge in [-0.05, 0) is 31.8 Å². The Bertz CT molecular complexity index is 208. The molecule has 0 bridgehead atoms. The van der Waals surface area contributed by atoms with Crippen LogP contribution in [-0.4, -0.2) is 43.6 Å². The molecule has 2 atom stereocenters. The highest BCUT2D eigenvalue weighted by molar-refractivity contribution is 5.76. The molecule has 0 aliphatic carbocycles. The molecule has 88 valence electrons. The number of hydrogen-bond acceptors (Lipinski definition) is 3. The summed E-state index contributed by atoms with van der Waals surface area (Å²) >= 11 is 0. The first-order valence-corrected chi connectivity index (χ1v) is 5.71. The van der Waals surface area contributed by atoms with Crippen molar-refractivity contribution in [1.82, 2.24) is 4.90 Å². The molecule has 4 heteroatoms. The molecule has 3 N–H and O–H groups in total. The summed E-state index contributed by atoms with van der Waals surface area (Å²) in [5, 5.41) is 7.15. The van der Waals surface area contributed by atoms with Crippen molar-refractivity contribution in [2.24, 2.45) is 11.7 Å². The lowest BCUT2D eigenvalue weighted by Gasteiger charge is -2.36. The number of nitrogens with two attached hydrogens (primary N) is 1. The maximum absolute atomic E-state index is 7.15. The lowest BCUT2D eigenvalue weighted by Crippen LogP contribution is -2.44. The van der Waals surface area contributed by atoms with Gasteiger partial charge in [-0.3, -0.25) is 5.41 Å². The van der Waals surface area contributed by atoms with Gasteiger partial charge in [0.05, 0.1) is 11.9 Å². The van der Waals surface area contributed by atoms with Crippen LogP contribution in [0, 0.1) is 11.3 Å². The van der Waals surface area contributed by atoms with Crippen LogP contribution in [0.3, 0.4) is 0 Å². The van der Waals surface area contributed by atoms with Crippen molar-refractivity contribution in [1.29, 1.82) is 5.41 Å². The van der Waals surface area contributed by atoms with Crippen molar-refractivity contribution >= 4 is 5.84 Å². The smallest absolute Gasteiger partial charge is 0.0905 e. The molecule has 1 fully saturated rings. The molecule has 1 saturated heterocycles. The highest BCUT2D eigenvalue weighted by atomic mass is 16.5. The van der Waals surface area contributed by atoms with Crippen molar-refractivity contribution in [3.8, 4) is 0 Å². The summed E-state index contributed by atoms with van der Waals surface area (Å²) in [5.41, 5.74) is 5.32. The Morgan fingerprint density at radius 2 is 2.33 bits per heavy atom. The minimum atomic E-state index is 0.295. The fourth-order valence-electron chi connectivity index (χ4n) is 2.10. The topological polar surface area (TPSA) is 62.3 Å². The lowest BCUT2D eigenvalue weighted by atomic mass is 9.95. The second-order valence-corrected chi connectivity index (χ2v) is 4.47. The van der Waals surface area contributed by atoms with E-state index in [1.165, 1.54) is 6.42 Å². The molecule has 1 rings (SSSR count). The van der Waals surface area contributed by atoms with E-state index in [2.05, 4.69) is 11.8 Å². The maximum Gasteiger partial charge on any atom is 0.0905 e. The molecule has 0 aromatic rings. The van der Waals surface area contributed by atoms with Gasteiger partial charge in [-0.25, -0.2) is 0 Å². The summed E-state index contributed by atoms with van der Waals surface area (Å²) in [6.07, 6.45) is 3.28. The second-order valence-electron chi connectivity index (χ2n) is 4.47. The Morgan fingerprint density at radius 3 is 2.93 bits per heavy atom. The van der Waals surface area contributed by atoms with Crippen molar-refractivity contribution < 1.29 is 4.74 Å². The van der Waals surface area contributed by atoms with Gasteiger partial charge in [0.25, 0.3) is 0 Å². The third kappa shape index (κ3) is 4.18. The van der Waals surface area contributed by atoms with Gasteiger partial charge in [-0.1, -0.05) is 6.92 Å². The summed E-state index contributed by atoms with van der Waals surface area (Å²) in [4.78, 5) is 2.41. The fourth-order valence-corrected chi connectivity index (χ4v) is 2.10. The minimum Gasteiger partial charge on any atom is -0.388 e. The molecule has 4 nitrogen and oxygen atoms in total. The molecular formula is C11H23N3O. The first-order valence-electron chi connectivity index (χ1n) is 5.71. The molecule has 0 saturated carbocycles. The number of rotatable bonds is 5. The van der Waals surface area contributed by atoms with Crippen LogP contribution in [0.2, 0.25) is 0 Å². The van der Waals surface area contributed by atoms with Gasteiger partial charge < -0.3 is 15.4 Å². The van der Waals surface area contributed by atoms with E-state index < -0.39 is 0 Å². The Kier molecular flexibility index (Phi) is 5.05. The number of hydrogen-bond donors (Lipinski definition) is 2. The Hall–Kier alpha value is -0.610. The highest BCUT2D eigenvalue weighted by Gasteiger charge is 2.25. The van der Waals surface area contributed by atoms with E-state index >= 15 is 0 Å². The molecule has 0 amide bonds. The summed E-state index contributed by atoms with van der Waals surface area (Å²) in [5.74, 6) is 0.961. The number of methoxy groups -OCH3 is 1.